The van der Waals surface area contributed by atoms with Crippen molar-refractivity contribution in [1.82, 2.24) is 9.80 Å². The van der Waals surface area contributed by atoms with Gasteiger partial charge in [0, 0.05) is 43.3 Å². The van der Waals surface area contributed by atoms with Crippen molar-refractivity contribution < 1.29 is 0 Å². The first-order chi connectivity index (χ1) is 19.0. The highest BCUT2D eigenvalue weighted by Crippen LogP contribution is 2.58. The molecular weight excluding hydrogens is 494 g/mol. The van der Waals surface area contributed by atoms with E-state index in [1.807, 2.05) is 0 Å². The lowest BCUT2D eigenvalue weighted by molar-refractivity contribution is 0.145. The maximum absolute atomic E-state index is 2.80. The second-order valence-corrected chi connectivity index (χ2v) is 14.5. The minimum absolute atomic E-state index is 0.256. The fraction of sp³-hybridized carbons (Fsp3) is 0.333. The number of benzene rings is 3. The summed E-state index contributed by atoms with van der Waals surface area (Å²) in [5, 5.41) is 3.23. The Labute approximate surface area is 233 Å². The van der Waals surface area contributed by atoms with Crippen LogP contribution in [0.4, 0.5) is 11.4 Å². The quantitative estimate of drug-likeness (QED) is 0.354. The van der Waals surface area contributed by atoms with Crippen LogP contribution in [-0.2, 0) is 0 Å². The second-order valence-electron chi connectivity index (χ2n) is 12.4. The molecule has 0 spiro atoms. The molecular formula is C33H34BN4P. The van der Waals surface area contributed by atoms with Crippen molar-refractivity contribution in [2.75, 3.05) is 9.80 Å². The van der Waals surface area contributed by atoms with Crippen LogP contribution in [0.3, 0.4) is 0 Å². The first-order valence-electron chi connectivity index (χ1n) is 14.6. The van der Waals surface area contributed by atoms with E-state index in [0.717, 1.165) is 0 Å². The zero-order chi connectivity index (χ0) is 26.2. The zero-order valence-corrected chi connectivity index (χ0v) is 24.1. The summed E-state index contributed by atoms with van der Waals surface area (Å²) < 4.78 is 0. The van der Waals surface area contributed by atoms with Crippen molar-refractivity contribution >= 4 is 53.0 Å². The van der Waals surface area contributed by atoms with E-state index in [1.165, 1.54) is 63.7 Å². The minimum Gasteiger partial charge on any atom is -0.351 e. The van der Waals surface area contributed by atoms with Crippen LogP contribution in [0.1, 0.15) is 42.9 Å². The van der Waals surface area contributed by atoms with E-state index in [1.54, 1.807) is 10.6 Å². The van der Waals surface area contributed by atoms with Gasteiger partial charge in [0.05, 0.1) is 23.5 Å². The van der Waals surface area contributed by atoms with Gasteiger partial charge in [0.25, 0.3) is 0 Å². The highest BCUT2D eigenvalue weighted by Gasteiger charge is 2.55. The van der Waals surface area contributed by atoms with Gasteiger partial charge >= 0.3 is 0 Å². The second kappa shape index (κ2) is 7.73. The van der Waals surface area contributed by atoms with Gasteiger partial charge in [-0.1, -0.05) is 69.5 Å². The van der Waals surface area contributed by atoms with Crippen LogP contribution in [0, 0.1) is 20.8 Å². The zero-order valence-electron chi connectivity index (χ0n) is 23.2. The molecule has 1 aliphatic carbocycles. The maximum Gasteiger partial charge on any atom is 0.243 e. The van der Waals surface area contributed by atoms with E-state index in [4.69, 9.17) is 0 Å². The maximum atomic E-state index is 2.80. The van der Waals surface area contributed by atoms with Crippen LogP contribution in [-0.4, -0.2) is 40.7 Å². The summed E-state index contributed by atoms with van der Waals surface area (Å²) in [5.74, 6) is 0.373. The van der Waals surface area contributed by atoms with Gasteiger partial charge in [-0.3, -0.25) is 0 Å². The Balaban J connectivity index is 1.38. The smallest absolute Gasteiger partial charge is 0.243 e. The van der Waals surface area contributed by atoms with Gasteiger partial charge in [-0.15, -0.1) is 0 Å². The van der Waals surface area contributed by atoms with E-state index in [9.17, 15) is 0 Å². The first-order valence-corrected chi connectivity index (χ1v) is 16.0. The Hall–Kier alpha value is -3.17. The summed E-state index contributed by atoms with van der Waals surface area (Å²) >= 11 is 0. The standard InChI is InChI=1S/C33H34BN4P/c1-20-18-21(2)30(22(3)19-20)34-24-8-5-12-28-31(24)39-32-25(34)9-6-13-29(32)38-17-16-37(33(38)39)27-11-7-10-26(27)35-14-15-36(28)23(35)4/h5-6,8-9,12-19,23,26-27,33H,7,10-11H2,1-4H3/t23-,26?,27?,33+,39?/m1/s1. The number of nitrogens with zero attached hydrogens (tertiary/aromatic N) is 4. The van der Waals surface area contributed by atoms with Gasteiger partial charge in [0.1, 0.15) is 12.1 Å². The average Bonchev–Trinajstić information content (AvgIpc) is 3.69. The summed E-state index contributed by atoms with van der Waals surface area (Å²) in [4.78, 5) is 10.7. The molecule has 1 saturated carbocycles. The Bertz CT molecular complexity index is 1610. The van der Waals surface area contributed by atoms with Crippen LogP contribution in [0.25, 0.3) is 0 Å². The van der Waals surface area contributed by atoms with E-state index < -0.39 is 7.92 Å². The van der Waals surface area contributed by atoms with Crippen LogP contribution in [0.15, 0.2) is 73.3 Å². The van der Waals surface area contributed by atoms with Crippen molar-refractivity contribution in [3.8, 4) is 0 Å². The predicted octanol–water partition coefficient (Wildman–Crippen LogP) is 3.64. The number of rotatable bonds is 1. The van der Waals surface area contributed by atoms with Crippen molar-refractivity contribution in [2.45, 2.75) is 71.1 Å². The number of fused-ring (bicyclic) bond motifs is 7. The lowest BCUT2D eigenvalue weighted by Gasteiger charge is -2.46. The monoisotopic (exact) mass is 528 g/mol. The topological polar surface area (TPSA) is 13.0 Å². The number of anilines is 2. The summed E-state index contributed by atoms with van der Waals surface area (Å²) in [6, 6.07) is 20.2. The number of hydrogen-bond donors (Lipinski definition) is 0. The van der Waals surface area contributed by atoms with E-state index in [-0.39, 0.29) is 6.71 Å². The molecule has 3 aromatic carbocycles. The molecule has 39 heavy (non-hydrogen) atoms. The highest BCUT2D eigenvalue weighted by molar-refractivity contribution is 7.76. The predicted molar refractivity (Wildman–Crippen MR) is 166 cm³/mol. The Morgan fingerprint density at radius 3 is 2.03 bits per heavy atom. The fourth-order valence-corrected chi connectivity index (χ4v) is 12.5. The Morgan fingerprint density at radius 1 is 0.744 bits per heavy atom. The highest BCUT2D eigenvalue weighted by atomic mass is 31.1. The van der Waals surface area contributed by atoms with Crippen LogP contribution < -0.4 is 36.8 Å². The van der Waals surface area contributed by atoms with E-state index >= 15 is 0 Å². The van der Waals surface area contributed by atoms with E-state index in [2.05, 4.69) is 121 Å². The number of aryl methyl sites for hydroxylation is 3. The molecule has 194 valence electrons. The van der Waals surface area contributed by atoms with Crippen LogP contribution in [0.2, 0.25) is 0 Å². The number of hydrogen-bond acceptors (Lipinski definition) is 4. The SMILES string of the molecule is Cc1cc(C)c(B2c3cccc4c3P3c5c2cccc5N2C=CN(C5CCCC5N5C=CN4[C@H]53)[C@H]2C)c(C)c1. The summed E-state index contributed by atoms with van der Waals surface area (Å²) in [6.07, 6.45) is 13.8. The minimum atomic E-state index is -0.596. The Kier molecular flexibility index (Phi) is 4.48. The molecule has 5 heterocycles. The average molecular weight is 528 g/mol. The molecule has 3 unspecified atom stereocenters. The molecule has 0 saturated heterocycles. The molecule has 0 radical (unpaired) electrons. The van der Waals surface area contributed by atoms with Crippen molar-refractivity contribution in [3.05, 3.63) is 90.0 Å². The van der Waals surface area contributed by atoms with Gasteiger partial charge in [-0.25, -0.2) is 0 Å². The van der Waals surface area contributed by atoms with Crippen molar-refractivity contribution in [2.24, 2.45) is 0 Å². The fourth-order valence-electron chi connectivity index (χ4n) is 8.99. The van der Waals surface area contributed by atoms with Crippen LogP contribution in [0.5, 0.6) is 0 Å². The van der Waals surface area contributed by atoms with Gasteiger partial charge in [0.2, 0.25) is 6.71 Å². The first kappa shape index (κ1) is 22.6. The van der Waals surface area contributed by atoms with Gasteiger partial charge in [0.15, 0.2) is 0 Å². The molecule has 5 aliphatic heterocycles. The van der Waals surface area contributed by atoms with Gasteiger partial charge in [-0.2, -0.15) is 0 Å². The molecule has 1 fully saturated rings. The van der Waals surface area contributed by atoms with Gasteiger partial charge in [-0.05, 0) is 59.1 Å². The molecule has 9 rings (SSSR count). The molecule has 0 N–H and O–H groups in total. The normalized spacial score (nSPS) is 28.5. The largest absolute Gasteiger partial charge is 0.351 e. The molecule has 0 aromatic heterocycles. The molecule has 0 amide bonds. The molecule has 2 bridgehead atoms. The lowest BCUT2D eigenvalue weighted by Crippen LogP contribution is -2.66. The summed E-state index contributed by atoms with van der Waals surface area (Å²) in [6.45, 7) is 9.54. The Morgan fingerprint density at radius 2 is 1.33 bits per heavy atom. The molecule has 3 aromatic rings. The van der Waals surface area contributed by atoms with Gasteiger partial charge < -0.3 is 19.6 Å². The molecule has 5 atom stereocenters. The summed E-state index contributed by atoms with van der Waals surface area (Å²) in [5.41, 5.74) is 11.6. The van der Waals surface area contributed by atoms with Crippen molar-refractivity contribution in [3.63, 3.8) is 0 Å². The van der Waals surface area contributed by atoms with Crippen molar-refractivity contribution in [1.29, 1.82) is 0 Å². The van der Waals surface area contributed by atoms with E-state index in [0.29, 0.717) is 24.2 Å². The third kappa shape index (κ3) is 2.75. The van der Waals surface area contributed by atoms with Crippen LogP contribution >= 0.6 is 7.92 Å². The molecule has 6 aliphatic rings. The molecule has 6 heteroatoms. The summed E-state index contributed by atoms with van der Waals surface area (Å²) in [7, 11) is -0.596. The lowest BCUT2D eigenvalue weighted by atomic mass is 9.35. The third-order valence-electron chi connectivity index (χ3n) is 10.4. The third-order valence-corrected chi connectivity index (χ3v) is 13.3. The molecule has 4 nitrogen and oxygen atoms in total.